The maximum atomic E-state index is 6.87. The van der Waals surface area contributed by atoms with Crippen LogP contribution < -0.4 is 0 Å². The van der Waals surface area contributed by atoms with Crippen molar-refractivity contribution >= 4 is 206 Å². The lowest BCUT2D eigenvalue weighted by atomic mass is 9.88. The van der Waals surface area contributed by atoms with Crippen LogP contribution in [0.5, 0.6) is 0 Å². The molecule has 0 spiro atoms. The molecule has 0 N–H and O–H groups in total. The van der Waals surface area contributed by atoms with Crippen molar-refractivity contribution in [2.45, 2.75) is 0 Å². The van der Waals surface area contributed by atoms with E-state index in [1.165, 1.54) is 97.0 Å². The number of rotatable bonds is 10. The minimum Gasteiger partial charge on any atom is -0.456 e. The largest absolute Gasteiger partial charge is 0.456 e. The van der Waals surface area contributed by atoms with Crippen LogP contribution in [0.3, 0.4) is 0 Å². The maximum absolute atomic E-state index is 6.87. The van der Waals surface area contributed by atoms with Crippen molar-refractivity contribution in [2.24, 2.45) is 0 Å². The van der Waals surface area contributed by atoms with Crippen molar-refractivity contribution in [1.29, 1.82) is 0 Å². The predicted octanol–water partition coefficient (Wildman–Crippen LogP) is 36.3. The Kier molecular flexibility index (Phi) is 18.6. The Morgan fingerprint density at radius 3 is 0.788 bits per heavy atom. The molecule has 0 fully saturated rings. The third kappa shape index (κ3) is 13.1. The number of hydrogen-bond acceptors (Lipinski definition) is 10. The summed E-state index contributed by atoms with van der Waals surface area (Å²) in [5.74, 6) is 3.61. The molecule has 6 heterocycles. The van der Waals surface area contributed by atoms with Gasteiger partial charge in [0.05, 0.1) is 22.4 Å². The highest BCUT2D eigenvalue weighted by Crippen LogP contribution is 2.53. The zero-order chi connectivity index (χ0) is 95.7. The van der Waals surface area contributed by atoms with Gasteiger partial charge in [-0.05, 0) is 202 Å². The molecular formula is C136H78N8O2. The SMILES string of the molecule is c1ccc(-c2nc(-c3cccc(-c4c5c(cc6c(-c7ccc8c9ccccc9c9ccccc9c8c7)nc7ccccc7c46)oc4ccccc45)c3)nc(-c3cc4ccccc4c4ccccc34)n2)cc1.c1ccc(-c2nc(-c3cccc(-c4c5c(cc6c(-c7ccc8c9ccccc9c9ccccc9c8c7)nc7ccccc7c46)oc4ccccc45)c3)nc(-c3ccc4c5ccccc5c5ccccc5c4c3)n2)cc1. The molecule has 0 saturated carbocycles. The van der Waals surface area contributed by atoms with Gasteiger partial charge in [-0.25, -0.2) is 39.9 Å². The van der Waals surface area contributed by atoms with Crippen molar-refractivity contribution in [2.75, 3.05) is 0 Å². The average molecular weight is 1860 g/mol. The molecule has 146 heavy (non-hydrogen) atoms. The van der Waals surface area contributed by atoms with Gasteiger partial charge in [0.1, 0.15) is 22.3 Å². The Bertz CT molecular complexity index is 10900. The van der Waals surface area contributed by atoms with Crippen molar-refractivity contribution in [3.05, 3.63) is 473 Å². The van der Waals surface area contributed by atoms with Gasteiger partial charge in [-0.2, -0.15) is 0 Å². The molecule has 31 rings (SSSR count). The van der Waals surface area contributed by atoms with Gasteiger partial charge in [0.25, 0.3) is 0 Å². The summed E-state index contributed by atoms with van der Waals surface area (Å²) in [6, 6.07) is 168. The summed E-state index contributed by atoms with van der Waals surface area (Å²) in [4.78, 5) is 42.8. The van der Waals surface area contributed by atoms with E-state index in [9.17, 15) is 0 Å². The van der Waals surface area contributed by atoms with Crippen LogP contribution in [0.1, 0.15) is 0 Å². The Morgan fingerprint density at radius 1 is 0.130 bits per heavy atom. The summed E-state index contributed by atoms with van der Waals surface area (Å²) in [5, 5.41) is 37.1. The third-order valence-corrected chi connectivity index (χ3v) is 29.9. The second-order valence-corrected chi connectivity index (χ2v) is 38.0. The van der Waals surface area contributed by atoms with E-state index in [2.05, 4.69) is 425 Å². The summed E-state index contributed by atoms with van der Waals surface area (Å²) in [6.07, 6.45) is 0. The van der Waals surface area contributed by atoms with Crippen LogP contribution in [0.4, 0.5) is 0 Å². The molecule has 10 heteroatoms. The van der Waals surface area contributed by atoms with Crippen LogP contribution in [0.15, 0.2) is 482 Å². The molecule has 0 aliphatic heterocycles. The number of hydrogen-bond donors (Lipinski definition) is 0. The van der Waals surface area contributed by atoms with E-state index in [0.717, 1.165) is 187 Å². The van der Waals surface area contributed by atoms with Crippen LogP contribution in [-0.4, -0.2) is 39.9 Å². The molecule has 31 aromatic rings. The minimum atomic E-state index is 0.584. The zero-order valence-electron chi connectivity index (χ0n) is 78.4. The topological polar surface area (TPSA) is 129 Å². The lowest BCUT2D eigenvalue weighted by Gasteiger charge is -2.17. The van der Waals surface area contributed by atoms with Gasteiger partial charge in [0.2, 0.25) is 0 Å². The summed E-state index contributed by atoms with van der Waals surface area (Å²) >= 11 is 0. The molecule has 0 aliphatic carbocycles. The predicted molar refractivity (Wildman–Crippen MR) is 607 cm³/mol. The van der Waals surface area contributed by atoms with Crippen LogP contribution >= 0.6 is 0 Å². The lowest BCUT2D eigenvalue weighted by Crippen LogP contribution is -2.01. The van der Waals surface area contributed by atoms with Crippen molar-refractivity contribution in [1.82, 2.24) is 39.9 Å². The van der Waals surface area contributed by atoms with Crippen molar-refractivity contribution < 1.29 is 8.83 Å². The van der Waals surface area contributed by atoms with Gasteiger partial charge in [-0.1, -0.05) is 400 Å². The number of pyridine rings is 2. The highest BCUT2D eigenvalue weighted by atomic mass is 16.3. The number of nitrogens with zero attached hydrogens (tertiary/aromatic N) is 8. The van der Waals surface area contributed by atoms with Gasteiger partial charge in [-0.3, -0.25) is 0 Å². The fourth-order valence-corrected chi connectivity index (χ4v) is 23.4. The summed E-state index contributed by atoms with van der Waals surface area (Å²) in [7, 11) is 0. The van der Waals surface area contributed by atoms with E-state index in [-0.39, 0.29) is 0 Å². The first-order valence-corrected chi connectivity index (χ1v) is 49.5. The van der Waals surface area contributed by atoms with E-state index in [1.807, 2.05) is 48.5 Å². The number of benzene rings is 25. The monoisotopic (exact) mass is 1850 g/mol. The van der Waals surface area contributed by atoms with Crippen LogP contribution in [0.25, 0.3) is 319 Å². The first-order chi connectivity index (χ1) is 72.4. The van der Waals surface area contributed by atoms with E-state index < -0.39 is 0 Å². The number of para-hydroxylation sites is 4. The smallest absolute Gasteiger partial charge is 0.164 e. The maximum Gasteiger partial charge on any atom is 0.164 e. The number of fused-ring (bicyclic) bond motifs is 33. The Hall–Kier alpha value is -19.7. The lowest BCUT2D eigenvalue weighted by molar-refractivity contribution is 0.669. The van der Waals surface area contributed by atoms with Crippen LogP contribution in [-0.2, 0) is 0 Å². The van der Waals surface area contributed by atoms with Gasteiger partial charge >= 0.3 is 0 Å². The molecule has 0 aliphatic rings. The van der Waals surface area contributed by atoms with E-state index >= 15 is 0 Å². The van der Waals surface area contributed by atoms with Gasteiger partial charge < -0.3 is 8.83 Å². The summed E-state index contributed by atoms with van der Waals surface area (Å²) < 4.78 is 13.7. The fourth-order valence-electron chi connectivity index (χ4n) is 23.4. The second-order valence-electron chi connectivity index (χ2n) is 38.0. The van der Waals surface area contributed by atoms with Crippen molar-refractivity contribution in [3.8, 4) is 113 Å². The minimum absolute atomic E-state index is 0.584. The number of furan rings is 2. The van der Waals surface area contributed by atoms with E-state index in [0.29, 0.717) is 34.9 Å². The molecule has 0 amide bonds. The Labute approximate surface area is 834 Å². The first kappa shape index (κ1) is 82.2. The third-order valence-electron chi connectivity index (χ3n) is 29.9. The Balaban J connectivity index is 0.000000136. The fraction of sp³-hybridized carbons (Fsp3) is 0. The molecule has 0 unspecified atom stereocenters. The quantitative estimate of drug-likeness (QED) is 0.122. The van der Waals surface area contributed by atoms with Crippen molar-refractivity contribution in [3.63, 3.8) is 0 Å². The molecule has 0 saturated heterocycles. The van der Waals surface area contributed by atoms with Crippen LogP contribution in [0.2, 0.25) is 0 Å². The molecule has 6 aromatic heterocycles. The highest BCUT2D eigenvalue weighted by molar-refractivity contribution is 6.33. The molecule has 0 atom stereocenters. The Morgan fingerprint density at radius 2 is 0.397 bits per heavy atom. The molecule has 674 valence electrons. The summed E-state index contributed by atoms with van der Waals surface area (Å²) in [5.41, 5.74) is 18.6. The summed E-state index contributed by atoms with van der Waals surface area (Å²) in [6.45, 7) is 0. The van der Waals surface area contributed by atoms with Gasteiger partial charge in [0, 0.05) is 109 Å². The van der Waals surface area contributed by atoms with Gasteiger partial charge in [-0.15, -0.1) is 0 Å². The van der Waals surface area contributed by atoms with Gasteiger partial charge in [0.15, 0.2) is 34.9 Å². The highest BCUT2D eigenvalue weighted by Gasteiger charge is 2.29. The standard InChI is InChI=1S/C70H40N4O.C66H38N4O/c1-2-17-41(18-3-1)68-72-69(74-70(73-68)45-34-36-55-51-26-7-5-22-47(51)49-24-9-11-28-53(49)59(55)39-45)44-20-16-19-42(37-44)64-65-56-29-12-14-31-61(56)71-67(60(65)40-63-66(64)57-30-13-15-32-62(57)75-63)43-33-35-54-50-25-6-4-21-46(50)48-23-8-10-27-52(48)58(54)38-43;1-2-17-39(18-3-1)64-68-65(70-66(69-64)55-36-40-19-4-5-22-44(40)45-23-6-11-28-50(45)55)43-21-16-20-41(35-43)60-61-52-29-12-14-31-57(52)67-63(56(61)38-59-62(60)53-30-13-15-32-58(53)71-59)42-33-34-51-48-26-8-7-24-46(48)47-25-9-10-27-49(47)54(51)37-42/h1-40H;1-38H. The molecule has 25 aromatic carbocycles. The molecule has 0 bridgehead atoms. The zero-order valence-corrected chi connectivity index (χ0v) is 78.4. The first-order valence-electron chi connectivity index (χ1n) is 49.5. The normalized spacial score (nSPS) is 12.0. The van der Waals surface area contributed by atoms with Crippen LogP contribution in [0, 0.1) is 0 Å². The van der Waals surface area contributed by atoms with E-state index in [4.69, 9.17) is 48.7 Å². The second kappa shape index (κ2) is 33.0. The number of aromatic nitrogens is 8. The van der Waals surface area contributed by atoms with E-state index in [1.54, 1.807) is 0 Å². The average Bonchev–Trinajstić information content (AvgIpc) is 1.49. The molecule has 0 radical (unpaired) electrons. The molecule has 10 nitrogen and oxygen atoms in total. The molecular weight excluding hydrogens is 1780 g/mol.